The first-order valence-corrected chi connectivity index (χ1v) is 5.82. The van der Waals surface area contributed by atoms with E-state index >= 15 is 0 Å². The summed E-state index contributed by atoms with van der Waals surface area (Å²) in [6.07, 6.45) is 2.17. The van der Waals surface area contributed by atoms with Crippen molar-refractivity contribution >= 4 is 13.5 Å². The first kappa shape index (κ1) is 11.0. The number of nitriles is 1. The number of rotatable bonds is 1. The molecule has 0 spiro atoms. The van der Waals surface area contributed by atoms with Gasteiger partial charge in [0.15, 0.2) is 6.19 Å². The van der Waals surface area contributed by atoms with Crippen LogP contribution in [-0.2, 0) is 4.57 Å². The van der Waals surface area contributed by atoms with Gasteiger partial charge < -0.3 is 9.79 Å². The van der Waals surface area contributed by atoms with Crippen LogP contribution in [0.1, 0.15) is 20.3 Å². The molecule has 0 aromatic carbocycles. The molecule has 7 heteroatoms. The Morgan fingerprint density at radius 2 is 2.43 bits per heavy atom. The molecule has 0 saturated carbocycles. The molecule has 6 nitrogen and oxygen atoms in total. The maximum absolute atomic E-state index is 11.8. The predicted octanol–water partition coefficient (Wildman–Crippen LogP) is 0.670. The zero-order valence-electron chi connectivity index (χ0n) is 8.35. The van der Waals surface area contributed by atoms with Crippen molar-refractivity contribution in [2.24, 2.45) is 4.76 Å². The average molecular weight is 216 g/mol. The van der Waals surface area contributed by atoms with E-state index in [2.05, 4.69) is 10.1 Å². The van der Waals surface area contributed by atoms with Crippen LogP contribution in [-0.4, -0.2) is 28.1 Å². The minimum atomic E-state index is -3.61. The van der Waals surface area contributed by atoms with Gasteiger partial charge in [0.2, 0.25) is 5.96 Å². The van der Waals surface area contributed by atoms with Gasteiger partial charge in [0.05, 0.1) is 0 Å². The standard InChI is InChI=1S/C7H13N4O2P/c1-4-7(2)11(3)6(9-5-8)10-14(7,12)13/h4H2,1-3H3,(H2,9,10,12,13)/t7-/m1/s1. The first-order chi connectivity index (χ1) is 6.39. The lowest BCUT2D eigenvalue weighted by Gasteiger charge is -2.33. The predicted molar refractivity (Wildman–Crippen MR) is 52.5 cm³/mol. The van der Waals surface area contributed by atoms with Crippen LogP contribution in [0.5, 0.6) is 0 Å². The van der Waals surface area contributed by atoms with Crippen LogP contribution in [0, 0.1) is 11.5 Å². The molecule has 0 aromatic rings. The second-order valence-electron chi connectivity index (χ2n) is 3.33. The molecule has 1 aliphatic rings. The summed E-state index contributed by atoms with van der Waals surface area (Å²) in [7, 11) is -1.97. The van der Waals surface area contributed by atoms with E-state index in [0.717, 1.165) is 0 Å². The van der Waals surface area contributed by atoms with E-state index < -0.39 is 12.8 Å². The van der Waals surface area contributed by atoms with Gasteiger partial charge >= 0.3 is 7.52 Å². The van der Waals surface area contributed by atoms with Gasteiger partial charge in [-0.2, -0.15) is 10.0 Å². The minimum absolute atomic E-state index is 0.155. The van der Waals surface area contributed by atoms with Gasteiger partial charge in [-0.25, -0.2) is 0 Å². The van der Waals surface area contributed by atoms with Crippen molar-refractivity contribution in [3.05, 3.63) is 0 Å². The van der Waals surface area contributed by atoms with Crippen LogP contribution in [0.25, 0.3) is 0 Å². The highest BCUT2D eigenvalue weighted by Crippen LogP contribution is 2.62. The van der Waals surface area contributed by atoms with Crippen molar-refractivity contribution in [1.29, 1.82) is 5.26 Å². The molecule has 1 aliphatic heterocycles. The number of hydrogen-bond acceptors (Lipinski definition) is 4. The molecule has 1 rings (SSSR count). The fraction of sp³-hybridized carbons (Fsp3) is 0.714. The Kier molecular flexibility index (Phi) is 2.57. The average Bonchev–Trinajstić information content (AvgIpc) is 2.28. The van der Waals surface area contributed by atoms with E-state index in [1.54, 1.807) is 20.2 Å². The molecule has 2 atom stereocenters. The van der Waals surface area contributed by atoms with Crippen LogP contribution in [0.3, 0.4) is 0 Å². The summed E-state index contributed by atoms with van der Waals surface area (Å²) >= 11 is 0. The number of nitrogens with zero attached hydrogens (tertiary/aromatic N) is 3. The monoisotopic (exact) mass is 216 g/mol. The molecule has 0 aromatic heterocycles. The molecule has 0 radical (unpaired) electrons. The molecular formula is C7H13N4O2P. The van der Waals surface area contributed by atoms with E-state index in [-0.39, 0.29) is 5.96 Å². The van der Waals surface area contributed by atoms with Crippen molar-refractivity contribution < 1.29 is 9.46 Å². The SMILES string of the molecule is CC[C@]1(C)N(C)C(NC#N)=NP1(=O)O. The number of nitrogens with one attached hydrogen (secondary N) is 1. The van der Waals surface area contributed by atoms with Gasteiger partial charge in [0.25, 0.3) is 0 Å². The molecule has 0 saturated heterocycles. The Bertz CT molecular complexity index is 361. The summed E-state index contributed by atoms with van der Waals surface area (Å²) in [5.41, 5.74) is 0. The largest absolute Gasteiger partial charge is 0.339 e. The summed E-state index contributed by atoms with van der Waals surface area (Å²) in [5, 5.41) is 9.80. The van der Waals surface area contributed by atoms with Gasteiger partial charge in [-0.05, 0) is 13.3 Å². The smallest absolute Gasteiger partial charge is 0.328 e. The van der Waals surface area contributed by atoms with Gasteiger partial charge in [-0.3, -0.25) is 9.88 Å². The van der Waals surface area contributed by atoms with E-state index in [4.69, 9.17) is 5.26 Å². The Balaban J connectivity index is 3.12. The molecular weight excluding hydrogens is 203 g/mol. The van der Waals surface area contributed by atoms with E-state index in [0.29, 0.717) is 6.42 Å². The molecule has 0 amide bonds. The molecule has 0 aliphatic carbocycles. The lowest BCUT2D eigenvalue weighted by Crippen LogP contribution is -2.45. The third kappa shape index (κ3) is 1.29. The zero-order chi connectivity index (χ0) is 11.0. The van der Waals surface area contributed by atoms with Crippen LogP contribution >= 0.6 is 7.52 Å². The quantitative estimate of drug-likeness (QED) is 0.382. The van der Waals surface area contributed by atoms with Crippen molar-refractivity contribution in [2.45, 2.75) is 25.5 Å². The Labute approximate surface area is 82.7 Å². The van der Waals surface area contributed by atoms with Crippen LogP contribution < -0.4 is 5.32 Å². The van der Waals surface area contributed by atoms with Gasteiger partial charge in [-0.15, -0.1) is 0 Å². The number of guanidine groups is 1. The van der Waals surface area contributed by atoms with E-state index in [1.165, 1.54) is 4.90 Å². The fourth-order valence-corrected chi connectivity index (χ4v) is 2.88. The van der Waals surface area contributed by atoms with Crippen molar-refractivity contribution in [1.82, 2.24) is 10.2 Å². The maximum atomic E-state index is 11.8. The highest BCUT2D eigenvalue weighted by atomic mass is 31.2. The normalized spacial score (nSPS) is 36.5. The molecule has 1 heterocycles. The molecule has 78 valence electrons. The second-order valence-corrected chi connectivity index (χ2v) is 5.59. The van der Waals surface area contributed by atoms with E-state index in [1.807, 2.05) is 6.92 Å². The second kappa shape index (κ2) is 3.26. The highest BCUT2D eigenvalue weighted by Gasteiger charge is 2.52. The molecule has 1 unspecified atom stereocenters. The summed E-state index contributed by atoms with van der Waals surface area (Å²) < 4.78 is 15.4. The topological polar surface area (TPSA) is 88.7 Å². The fourth-order valence-electron chi connectivity index (χ4n) is 1.33. The van der Waals surface area contributed by atoms with Crippen molar-refractivity contribution in [3.8, 4) is 6.19 Å². The minimum Gasteiger partial charge on any atom is -0.328 e. The highest BCUT2D eigenvalue weighted by molar-refractivity contribution is 7.58. The lowest BCUT2D eigenvalue weighted by molar-refractivity contribution is 0.295. The van der Waals surface area contributed by atoms with Crippen molar-refractivity contribution in [2.75, 3.05) is 7.05 Å². The zero-order valence-corrected chi connectivity index (χ0v) is 9.25. The molecule has 0 fully saturated rings. The summed E-state index contributed by atoms with van der Waals surface area (Å²) in [5.74, 6) is 0.155. The van der Waals surface area contributed by atoms with E-state index in [9.17, 15) is 9.46 Å². The lowest BCUT2D eigenvalue weighted by atomic mass is 10.2. The first-order valence-electron chi connectivity index (χ1n) is 4.21. The van der Waals surface area contributed by atoms with Gasteiger partial charge in [0.1, 0.15) is 5.28 Å². The Hall–Kier alpha value is -1.05. The summed E-state index contributed by atoms with van der Waals surface area (Å²) in [6, 6.07) is 0. The molecule has 2 N–H and O–H groups in total. The maximum Gasteiger partial charge on any atom is 0.339 e. The Morgan fingerprint density at radius 3 is 2.79 bits per heavy atom. The van der Waals surface area contributed by atoms with Gasteiger partial charge in [0, 0.05) is 7.05 Å². The van der Waals surface area contributed by atoms with Crippen molar-refractivity contribution in [3.63, 3.8) is 0 Å². The number of hydrogen-bond donors (Lipinski definition) is 2. The van der Waals surface area contributed by atoms with Crippen LogP contribution in [0.15, 0.2) is 4.76 Å². The third-order valence-corrected chi connectivity index (χ3v) is 5.07. The summed E-state index contributed by atoms with van der Waals surface area (Å²) in [6.45, 7) is 3.47. The molecule has 0 bridgehead atoms. The Morgan fingerprint density at radius 1 is 1.86 bits per heavy atom. The van der Waals surface area contributed by atoms with Crippen LogP contribution in [0.2, 0.25) is 0 Å². The summed E-state index contributed by atoms with van der Waals surface area (Å²) in [4.78, 5) is 11.2. The third-order valence-electron chi connectivity index (χ3n) is 2.74. The van der Waals surface area contributed by atoms with Crippen LogP contribution in [0.4, 0.5) is 0 Å². The van der Waals surface area contributed by atoms with Gasteiger partial charge in [-0.1, -0.05) is 6.92 Å². The molecule has 14 heavy (non-hydrogen) atoms.